The van der Waals surface area contributed by atoms with Crippen LogP contribution in [0.4, 0.5) is 4.79 Å². The summed E-state index contributed by atoms with van der Waals surface area (Å²) in [5.74, 6) is 1.51. The number of urea groups is 1. The van der Waals surface area contributed by atoms with E-state index < -0.39 is 0 Å². The summed E-state index contributed by atoms with van der Waals surface area (Å²) in [6.45, 7) is 6.86. The van der Waals surface area contributed by atoms with E-state index in [0.29, 0.717) is 12.4 Å². The smallest absolute Gasteiger partial charge is 0.320 e. The maximum atomic E-state index is 12.3. The van der Waals surface area contributed by atoms with Crippen molar-refractivity contribution in [2.24, 2.45) is 0 Å². The molecule has 0 aromatic heterocycles. The average molecular weight is 369 g/mol. The minimum Gasteiger partial charge on any atom is -0.494 e. The van der Waals surface area contributed by atoms with Crippen molar-refractivity contribution in [3.8, 4) is 11.5 Å². The van der Waals surface area contributed by atoms with Gasteiger partial charge in [0.1, 0.15) is 11.5 Å². The molecule has 0 spiro atoms. The molecule has 0 atom stereocenters. The Morgan fingerprint density at radius 2 is 1.56 bits per heavy atom. The normalized spacial score (nSPS) is 14.6. The van der Waals surface area contributed by atoms with Gasteiger partial charge in [0.25, 0.3) is 0 Å². The van der Waals surface area contributed by atoms with Gasteiger partial charge >= 0.3 is 6.03 Å². The summed E-state index contributed by atoms with van der Waals surface area (Å²) in [6.07, 6.45) is 0. The Morgan fingerprint density at radius 3 is 2.19 bits per heavy atom. The first-order chi connectivity index (χ1) is 13.2. The van der Waals surface area contributed by atoms with Crippen LogP contribution in [0.1, 0.15) is 12.5 Å². The van der Waals surface area contributed by atoms with Crippen molar-refractivity contribution >= 4 is 6.03 Å². The summed E-state index contributed by atoms with van der Waals surface area (Å²) in [7, 11) is 0. The number of hydrogen-bond donors (Lipinski definition) is 1. The lowest BCUT2D eigenvalue weighted by Gasteiger charge is -2.34. The SMILES string of the molecule is CCOc1ccc(OCNC(=O)N2CCN(Cc3ccccc3)CC2)cc1. The minimum absolute atomic E-state index is 0.0831. The highest BCUT2D eigenvalue weighted by Crippen LogP contribution is 2.17. The molecule has 1 heterocycles. The fourth-order valence-corrected chi connectivity index (χ4v) is 3.04. The van der Waals surface area contributed by atoms with E-state index in [-0.39, 0.29) is 12.8 Å². The summed E-state index contributed by atoms with van der Waals surface area (Å²) in [5.41, 5.74) is 1.30. The van der Waals surface area contributed by atoms with Crippen LogP contribution in [-0.4, -0.2) is 55.3 Å². The Labute approximate surface area is 160 Å². The van der Waals surface area contributed by atoms with Gasteiger partial charge in [0.2, 0.25) is 0 Å². The van der Waals surface area contributed by atoms with Crippen LogP contribution in [0.5, 0.6) is 11.5 Å². The van der Waals surface area contributed by atoms with Crippen molar-refractivity contribution in [1.82, 2.24) is 15.1 Å². The van der Waals surface area contributed by atoms with E-state index in [1.807, 2.05) is 42.2 Å². The van der Waals surface area contributed by atoms with Crippen LogP contribution in [0, 0.1) is 0 Å². The second kappa shape index (κ2) is 9.83. The van der Waals surface area contributed by atoms with Crippen molar-refractivity contribution in [2.75, 3.05) is 39.5 Å². The first-order valence-electron chi connectivity index (χ1n) is 9.39. The second-order valence-corrected chi connectivity index (χ2v) is 6.42. The molecule has 0 unspecified atom stereocenters. The number of nitrogens with zero attached hydrogens (tertiary/aromatic N) is 2. The summed E-state index contributed by atoms with van der Waals surface area (Å²) >= 11 is 0. The maximum absolute atomic E-state index is 12.3. The largest absolute Gasteiger partial charge is 0.494 e. The number of carbonyl (C=O) groups is 1. The van der Waals surface area contributed by atoms with E-state index in [1.165, 1.54) is 5.56 Å². The standard InChI is InChI=1S/C21H27N3O3/c1-2-26-19-8-10-20(11-9-19)27-17-22-21(25)24-14-12-23(13-15-24)16-18-6-4-3-5-7-18/h3-11H,2,12-17H2,1H3,(H,22,25). The minimum atomic E-state index is -0.0831. The number of ether oxygens (including phenoxy) is 2. The van der Waals surface area contributed by atoms with E-state index >= 15 is 0 Å². The zero-order chi connectivity index (χ0) is 18.9. The molecule has 0 bridgehead atoms. The third-order valence-corrected chi connectivity index (χ3v) is 4.51. The Morgan fingerprint density at radius 1 is 0.926 bits per heavy atom. The second-order valence-electron chi connectivity index (χ2n) is 6.42. The predicted molar refractivity (Wildman–Crippen MR) is 105 cm³/mol. The van der Waals surface area contributed by atoms with Gasteiger partial charge in [-0.05, 0) is 36.8 Å². The van der Waals surface area contributed by atoms with Crippen molar-refractivity contribution < 1.29 is 14.3 Å². The van der Waals surface area contributed by atoms with Crippen LogP contribution in [0.15, 0.2) is 54.6 Å². The highest BCUT2D eigenvalue weighted by Gasteiger charge is 2.20. The number of benzene rings is 2. The molecule has 1 aliphatic heterocycles. The number of carbonyl (C=O) groups excluding carboxylic acids is 1. The van der Waals surface area contributed by atoms with Crippen LogP contribution in [0.2, 0.25) is 0 Å². The van der Waals surface area contributed by atoms with Crippen LogP contribution in [-0.2, 0) is 6.54 Å². The Hall–Kier alpha value is -2.73. The molecule has 144 valence electrons. The van der Waals surface area contributed by atoms with Crippen LogP contribution in [0.25, 0.3) is 0 Å². The molecule has 1 fully saturated rings. The number of nitrogens with one attached hydrogen (secondary N) is 1. The molecule has 2 amide bonds. The number of hydrogen-bond acceptors (Lipinski definition) is 4. The molecular formula is C21H27N3O3. The lowest BCUT2D eigenvalue weighted by atomic mass is 10.2. The van der Waals surface area contributed by atoms with Gasteiger partial charge < -0.3 is 19.7 Å². The Bertz CT molecular complexity index is 698. The van der Waals surface area contributed by atoms with Crippen LogP contribution >= 0.6 is 0 Å². The maximum Gasteiger partial charge on any atom is 0.320 e. The molecule has 0 saturated carbocycles. The molecule has 1 N–H and O–H groups in total. The Kier molecular flexibility index (Phi) is 6.93. The van der Waals surface area contributed by atoms with E-state index in [1.54, 1.807) is 0 Å². The third kappa shape index (κ3) is 5.89. The molecule has 6 heteroatoms. The lowest BCUT2D eigenvalue weighted by molar-refractivity contribution is 0.130. The van der Waals surface area contributed by atoms with Crippen molar-refractivity contribution in [1.29, 1.82) is 0 Å². The van der Waals surface area contributed by atoms with E-state index in [0.717, 1.165) is 38.5 Å². The summed E-state index contributed by atoms with van der Waals surface area (Å²) in [4.78, 5) is 16.5. The van der Waals surface area contributed by atoms with Crippen molar-refractivity contribution in [3.63, 3.8) is 0 Å². The number of piperazine rings is 1. The van der Waals surface area contributed by atoms with Crippen molar-refractivity contribution in [3.05, 3.63) is 60.2 Å². The number of amides is 2. The van der Waals surface area contributed by atoms with Gasteiger partial charge in [-0.2, -0.15) is 0 Å². The summed E-state index contributed by atoms with van der Waals surface area (Å²) < 4.78 is 11.0. The van der Waals surface area contributed by atoms with Crippen LogP contribution < -0.4 is 14.8 Å². The highest BCUT2D eigenvalue weighted by molar-refractivity contribution is 5.74. The molecule has 0 radical (unpaired) electrons. The molecule has 27 heavy (non-hydrogen) atoms. The van der Waals surface area contributed by atoms with Gasteiger partial charge in [-0.15, -0.1) is 0 Å². The van der Waals surface area contributed by atoms with Gasteiger partial charge in [0.15, 0.2) is 6.73 Å². The van der Waals surface area contributed by atoms with Crippen LogP contribution in [0.3, 0.4) is 0 Å². The fraction of sp³-hybridized carbons (Fsp3) is 0.381. The summed E-state index contributed by atoms with van der Waals surface area (Å²) in [5, 5.41) is 2.82. The first-order valence-corrected chi connectivity index (χ1v) is 9.39. The molecule has 1 aliphatic rings. The summed E-state index contributed by atoms with van der Waals surface area (Å²) in [6, 6.07) is 17.7. The van der Waals surface area contributed by atoms with Gasteiger partial charge in [0, 0.05) is 32.7 Å². The zero-order valence-electron chi connectivity index (χ0n) is 15.8. The number of rotatable bonds is 7. The zero-order valence-corrected chi connectivity index (χ0v) is 15.8. The quantitative estimate of drug-likeness (QED) is 0.763. The van der Waals surface area contributed by atoms with E-state index in [9.17, 15) is 4.79 Å². The van der Waals surface area contributed by atoms with Crippen molar-refractivity contribution in [2.45, 2.75) is 13.5 Å². The Balaban J connectivity index is 1.35. The highest BCUT2D eigenvalue weighted by atomic mass is 16.5. The first kappa shape index (κ1) is 19.0. The monoisotopic (exact) mass is 369 g/mol. The van der Waals surface area contributed by atoms with Gasteiger partial charge in [-0.25, -0.2) is 4.79 Å². The average Bonchev–Trinajstić information content (AvgIpc) is 2.71. The van der Waals surface area contributed by atoms with Gasteiger partial charge in [-0.3, -0.25) is 4.90 Å². The lowest BCUT2D eigenvalue weighted by Crippen LogP contribution is -2.51. The molecule has 0 aliphatic carbocycles. The predicted octanol–water partition coefficient (Wildman–Crippen LogP) is 2.95. The molecule has 2 aromatic carbocycles. The third-order valence-electron chi connectivity index (χ3n) is 4.51. The molecule has 1 saturated heterocycles. The topological polar surface area (TPSA) is 54.0 Å². The van der Waals surface area contributed by atoms with Gasteiger partial charge in [0.05, 0.1) is 6.61 Å². The molecule has 6 nitrogen and oxygen atoms in total. The van der Waals surface area contributed by atoms with Gasteiger partial charge in [-0.1, -0.05) is 30.3 Å². The fourth-order valence-electron chi connectivity index (χ4n) is 3.04. The van der Waals surface area contributed by atoms with E-state index in [4.69, 9.17) is 9.47 Å². The van der Waals surface area contributed by atoms with E-state index in [2.05, 4.69) is 34.5 Å². The molecular weight excluding hydrogens is 342 g/mol. The molecule has 3 rings (SSSR count). The molecule has 2 aromatic rings.